The molecule has 4 aromatic rings. The van der Waals surface area contributed by atoms with Gasteiger partial charge in [0.05, 0.1) is 16.1 Å². The molecule has 0 aliphatic rings. The van der Waals surface area contributed by atoms with Gasteiger partial charge in [-0.05, 0) is 50.2 Å². The van der Waals surface area contributed by atoms with Crippen molar-refractivity contribution in [2.75, 3.05) is 4.72 Å². The molecule has 0 saturated heterocycles. The molecule has 13 heteroatoms. The van der Waals surface area contributed by atoms with Crippen LogP contribution in [0.5, 0.6) is 0 Å². The van der Waals surface area contributed by atoms with E-state index in [-0.39, 0.29) is 22.6 Å². The lowest BCUT2D eigenvalue weighted by molar-refractivity contribution is 0.103. The zero-order chi connectivity index (χ0) is 29.9. The molecule has 0 amide bonds. The Kier molecular flexibility index (Phi) is 8.28. The van der Waals surface area contributed by atoms with Crippen molar-refractivity contribution in [3.8, 4) is 0 Å². The van der Waals surface area contributed by atoms with Gasteiger partial charge in [-0.1, -0.05) is 12.6 Å². The van der Waals surface area contributed by atoms with E-state index in [0.29, 0.717) is 17.0 Å². The van der Waals surface area contributed by atoms with Gasteiger partial charge in [0.1, 0.15) is 23.1 Å². The Hall–Kier alpha value is -4.91. The maximum atomic E-state index is 15.5. The minimum atomic E-state index is -4.46. The van der Waals surface area contributed by atoms with Crippen LogP contribution in [-0.4, -0.2) is 36.4 Å². The van der Waals surface area contributed by atoms with E-state index in [1.165, 1.54) is 24.8 Å². The van der Waals surface area contributed by atoms with E-state index in [9.17, 15) is 22.0 Å². The molecule has 0 unspecified atom stereocenters. The highest BCUT2D eigenvalue weighted by atomic mass is 32.2. The van der Waals surface area contributed by atoms with Crippen molar-refractivity contribution < 1.29 is 26.4 Å². The normalized spacial score (nSPS) is 12.3. The lowest BCUT2D eigenvalue weighted by Gasteiger charge is -2.12. The van der Waals surface area contributed by atoms with E-state index in [4.69, 9.17) is 5.73 Å². The number of hydrogen-bond acceptors (Lipinski definition) is 7. The maximum Gasteiger partial charge on any atom is 0.262 e. The standard InChI is InChI=1S/C28H25F3N6O3S/c1-15(2)36-16(3)33-13-18(11-32)17-9-21-22(14-35-28(21)34-12-17)27(38)25-23(30)7-8-24(26(25)31)37-41(39,40)20-6-4-5-19(29)10-20/h4-15,36-37H,3,32H2,1-2H3,(H,34,35)/b18-11+,33-13-. The summed E-state index contributed by atoms with van der Waals surface area (Å²) in [7, 11) is -4.46. The topological polar surface area (TPSA) is 142 Å². The van der Waals surface area contributed by atoms with Crippen LogP contribution in [0, 0.1) is 17.5 Å². The number of carbonyl (C=O) groups excluding carboxylic acids is 1. The number of halogens is 3. The highest BCUT2D eigenvalue weighted by Gasteiger charge is 2.26. The molecule has 5 N–H and O–H groups in total. The summed E-state index contributed by atoms with van der Waals surface area (Å²) in [5.74, 6) is -4.17. The van der Waals surface area contributed by atoms with Crippen LogP contribution in [0.15, 0.2) is 83.3 Å². The second-order valence-corrected chi connectivity index (χ2v) is 10.8. The molecule has 41 heavy (non-hydrogen) atoms. The smallest absolute Gasteiger partial charge is 0.262 e. The molecule has 9 nitrogen and oxygen atoms in total. The summed E-state index contributed by atoms with van der Waals surface area (Å²) in [4.78, 5) is 24.2. The van der Waals surface area contributed by atoms with Gasteiger partial charge in [-0.15, -0.1) is 0 Å². The summed E-state index contributed by atoms with van der Waals surface area (Å²) < 4.78 is 71.2. The van der Waals surface area contributed by atoms with E-state index >= 15 is 4.39 Å². The van der Waals surface area contributed by atoms with Gasteiger partial charge < -0.3 is 16.0 Å². The number of rotatable bonds is 10. The van der Waals surface area contributed by atoms with E-state index < -0.39 is 49.4 Å². The number of anilines is 1. The molecule has 0 radical (unpaired) electrons. The summed E-state index contributed by atoms with van der Waals surface area (Å²) in [6.07, 6.45) is 5.43. The van der Waals surface area contributed by atoms with E-state index in [2.05, 4.69) is 26.9 Å². The van der Waals surface area contributed by atoms with Crippen molar-refractivity contribution in [2.24, 2.45) is 10.7 Å². The minimum absolute atomic E-state index is 0.104. The summed E-state index contributed by atoms with van der Waals surface area (Å²) >= 11 is 0. The van der Waals surface area contributed by atoms with Crippen LogP contribution in [0.1, 0.15) is 35.3 Å². The van der Waals surface area contributed by atoms with Crippen LogP contribution in [-0.2, 0) is 10.0 Å². The Balaban J connectivity index is 1.70. The summed E-state index contributed by atoms with van der Waals surface area (Å²) in [5.41, 5.74) is 5.08. The quantitative estimate of drug-likeness (QED) is 0.156. The largest absolute Gasteiger partial charge is 0.404 e. The van der Waals surface area contributed by atoms with Crippen LogP contribution in [0.3, 0.4) is 0 Å². The predicted molar refractivity (Wildman–Crippen MR) is 151 cm³/mol. The van der Waals surface area contributed by atoms with Crippen LogP contribution >= 0.6 is 0 Å². The average molecular weight is 583 g/mol. The number of ketones is 1. The van der Waals surface area contributed by atoms with E-state index in [0.717, 1.165) is 36.4 Å². The highest BCUT2D eigenvalue weighted by molar-refractivity contribution is 7.92. The van der Waals surface area contributed by atoms with Gasteiger partial charge >= 0.3 is 0 Å². The molecule has 0 aliphatic carbocycles. The van der Waals surface area contributed by atoms with Gasteiger partial charge in [-0.25, -0.2) is 31.6 Å². The molecule has 2 heterocycles. The number of fused-ring (bicyclic) bond motifs is 1. The van der Waals surface area contributed by atoms with Crippen LogP contribution < -0.4 is 15.8 Å². The van der Waals surface area contributed by atoms with Crippen molar-refractivity contribution in [3.05, 3.63) is 108 Å². The minimum Gasteiger partial charge on any atom is -0.404 e. The number of aromatic nitrogens is 2. The molecular weight excluding hydrogens is 557 g/mol. The van der Waals surface area contributed by atoms with E-state index in [1.54, 1.807) is 6.07 Å². The molecule has 2 aromatic carbocycles. The number of pyridine rings is 1. The zero-order valence-corrected chi connectivity index (χ0v) is 22.7. The number of benzene rings is 2. The third kappa shape index (κ3) is 6.30. The molecule has 0 spiro atoms. The first kappa shape index (κ1) is 29.1. The SMILES string of the molecule is C=C(/N=C\C(=C/N)c1cnc2[nH]cc(C(=O)c3c(F)ccc(NS(=O)(=O)c4cccc(F)c4)c3F)c2c1)NC(C)C. The summed E-state index contributed by atoms with van der Waals surface area (Å²) in [6.45, 7) is 7.64. The van der Waals surface area contributed by atoms with Gasteiger partial charge in [0.25, 0.3) is 10.0 Å². The lowest BCUT2D eigenvalue weighted by Crippen LogP contribution is -2.20. The number of H-pyrrole nitrogens is 1. The number of allylic oxidation sites excluding steroid dienone is 1. The van der Waals surface area contributed by atoms with Crippen LogP contribution in [0.4, 0.5) is 18.9 Å². The molecule has 0 fully saturated rings. The predicted octanol–water partition coefficient (Wildman–Crippen LogP) is 4.85. The number of aromatic amines is 1. The molecule has 4 rings (SSSR count). The van der Waals surface area contributed by atoms with Crippen molar-refractivity contribution >= 4 is 44.3 Å². The Morgan fingerprint density at radius 3 is 2.61 bits per heavy atom. The lowest BCUT2D eigenvalue weighted by atomic mass is 10.00. The number of nitrogens with one attached hydrogen (secondary N) is 3. The molecule has 0 atom stereocenters. The third-order valence-electron chi connectivity index (χ3n) is 5.77. The van der Waals surface area contributed by atoms with Gasteiger partial charge in [0, 0.05) is 52.9 Å². The van der Waals surface area contributed by atoms with Gasteiger partial charge in [-0.2, -0.15) is 0 Å². The summed E-state index contributed by atoms with van der Waals surface area (Å²) in [6, 6.07) is 7.26. The maximum absolute atomic E-state index is 15.5. The van der Waals surface area contributed by atoms with E-state index in [1.807, 2.05) is 18.6 Å². The number of hydrogen-bond donors (Lipinski definition) is 4. The first-order valence-electron chi connectivity index (χ1n) is 12.1. The average Bonchev–Trinajstić information content (AvgIpc) is 3.34. The first-order valence-corrected chi connectivity index (χ1v) is 13.6. The molecular formula is C28H25F3N6O3S. The van der Waals surface area contributed by atoms with Crippen LogP contribution in [0.25, 0.3) is 16.6 Å². The van der Waals surface area contributed by atoms with Crippen molar-refractivity contribution in [2.45, 2.75) is 24.8 Å². The molecule has 0 bridgehead atoms. The molecule has 212 valence electrons. The Labute approximate surface area is 233 Å². The zero-order valence-electron chi connectivity index (χ0n) is 21.9. The number of aliphatic imine (C=N–C) groups is 1. The molecule has 2 aromatic heterocycles. The highest BCUT2D eigenvalue weighted by Crippen LogP contribution is 2.29. The first-order chi connectivity index (χ1) is 19.4. The Morgan fingerprint density at radius 1 is 1.17 bits per heavy atom. The summed E-state index contributed by atoms with van der Waals surface area (Å²) in [5, 5.41) is 3.25. The number of nitrogens with zero attached hydrogens (tertiary/aromatic N) is 2. The second kappa shape index (κ2) is 11.7. The number of carbonyl (C=O) groups is 1. The Morgan fingerprint density at radius 2 is 1.93 bits per heavy atom. The van der Waals surface area contributed by atoms with Crippen molar-refractivity contribution in [3.63, 3.8) is 0 Å². The number of nitrogens with two attached hydrogens (primary N) is 1. The van der Waals surface area contributed by atoms with Crippen molar-refractivity contribution in [1.82, 2.24) is 15.3 Å². The van der Waals surface area contributed by atoms with Gasteiger partial charge in [-0.3, -0.25) is 9.52 Å². The molecule has 0 saturated carbocycles. The fourth-order valence-electron chi connectivity index (χ4n) is 3.89. The number of sulfonamides is 1. The Bertz CT molecular complexity index is 1830. The van der Waals surface area contributed by atoms with Gasteiger partial charge in [0.2, 0.25) is 5.78 Å². The van der Waals surface area contributed by atoms with Gasteiger partial charge in [0.15, 0.2) is 5.82 Å². The van der Waals surface area contributed by atoms with Crippen LogP contribution in [0.2, 0.25) is 0 Å². The fourth-order valence-corrected chi connectivity index (χ4v) is 4.98. The monoisotopic (exact) mass is 582 g/mol. The fraction of sp³-hybridized carbons (Fsp3) is 0.107. The van der Waals surface area contributed by atoms with Crippen molar-refractivity contribution in [1.29, 1.82) is 0 Å². The second-order valence-electron chi connectivity index (χ2n) is 9.12. The third-order valence-corrected chi connectivity index (χ3v) is 7.14. The molecule has 0 aliphatic heterocycles.